The van der Waals surface area contributed by atoms with Crippen molar-refractivity contribution in [2.75, 3.05) is 12.0 Å². The van der Waals surface area contributed by atoms with E-state index >= 15 is 0 Å². The van der Waals surface area contributed by atoms with Gasteiger partial charge in [0.1, 0.15) is 0 Å². The van der Waals surface area contributed by atoms with Gasteiger partial charge < -0.3 is 0 Å². The molecule has 0 amide bonds. The van der Waals surface area contributed by atoms with E-state index in [1.165, 1.54) is 0 Å². The first-order valence-electron chi connectivity index (χ1n) is 4.37. The molecule has 0 radical (unpaired) electrons. The maximum Gasteiger partial charge on any atom is 0.0668 e. The Hall–Kier alpha value is 0.180. The van der Waals surface area contributed by atoms with E-state index in [1.807, 2.05) is 35.7 Å². The van der Waals surface area contributed by atoms with E-state index in [4.69, 9.17) is 0 Å². The molecule has 13 heavy (non-hydrogen) atoms. The highest BCUT2D eigenvalue weighted by Crippen LogP contribution is 2.49. The van der Waals surface area contributed by atoms with Crippen molar-refractivity contribution in [3.8, 4) is 0 Å². The molecule has 0 aromatic carbocycles. The van der Waals surface area contributed by atoms with Gasteiger partial charge in [-0.15, -0.1) is 36.7 Å². The zero-order valence-corrected chi connectivity index (χ0v) is 10.7. The summed E-state index contributed by atoms with van der Waals surface area (Å²) in [6.45, 7) is 14.4. The van der Waals surface area contributed by atoms with E-state index in [0.29, 0.717) is 0 Å². The number of allylic oxidation sites excluding steroid dienone is 1. The molecule has 0 N–H and O–H groups in total. The lowest BCUT2D eigenvalue weighted by atomic mass is 9.89. The van der Waals surface area contributed by atoms with Crippen LogP contribution in [0.3, 0.4) is 0 Å². The van der Waals surface area contributed by atoms with Crippen molar-refractivity contribution < 1.29 is 0 Å². The van der Waals surface area contributed by atoms with E-state index in [1.54, 1.807) is 0 Å². The minimum absolute atomic E-state index is 0.139. The van der Waals surface area contributed by atoms with Crippen LogP contribution in [-0.2, 0) is 0 Å². The molecule has 0 aliphatic heterocycles. The molecule has 2 heteroatoms. The summed E-state index contributed by atoms with van der Waals surface area (Å²) in [6.07, 6.45) is 6.15. The van der Waals surface area contributed by atoms with Crippen LogP contribution >= 0.6 is 23.5 Å². The highest BCUT2D eigenvalue weighted by Gasteiger charge is 2.38. The van der Waals surface area contributed by atoms with Crippen molar-refractivity contribution in [3.05, 3.63) is 25.3 Å². The molecule has 0 aromatic heterocycles. The van der Waals surface area contributed by atoms with Gasteiger partial charge in [0.2, 0.25) is 0 Å². The summed E-state index contributed by atoms with van der Waals surface area (Å²) in [6, 6.07) is 0. The monoisotopic (exact) mass is 216 g/mol. The van der Waals surface area contributed by atoms with Gasteiger partial charge in [-0.2, -0.15) is 0 Å². The lowest BCUT2D eigenvalue weighted by Crippen LogP contribution is -2.34. The normalized spacial score (nSPS) is 16.3. The Balaban J connectivity index is 4.60. The molecular formula is C11H20S2. The SMILES string of the molecule is C=CCSC(C)(SC)C(C)(C)C=C. The third-order valence-corrected chi connectivity index (χ3v) is 6.18. The van der Waals surface area contributed by atoms with E-state index in [0.717, 1.165) is 5.75 Å². The highest BCUT2D eigenvalue weighted by molar-refractivity contribution is 8.18. The quantitative estimate of drug-likeness (QED) is 0.482. The van der Waals surface area contributed by atoms with Gasteiger partial charge >= 0.3 is 0 Å². The minimum Gasteiger partial charge on any atom is -0.147 e. The summed E-state index contributed by atoms with van der Waals surface area (Å²) in [7, 11) is 0. The molecule has 1 atom stereocenters. The molecule has 76 valence electrons. The summed E-state index contributed by atoms with van der Waals surface area (Å²) in [4.78, 5) is 0. The van der Waals surface area contributed by atoms with Gasteiger partial charge in [-0.1, -0.05) is 26.0 Å². The molecule has 0 rings (SSSR count). The van der Waals surface area contributed by atoms with Crippen molar-refractivity contribution >= 4 is 23.5 Å². The van der Waals surface area contributed by atoms with E-state index < -0.39 is 0 Å². The fourth-order valence-electron chi connectivity index (χ4n) is 0.911. The van der Waals surface area contributed by atoms with E-state index in [-0.39, 0.29) is 9.49 Å². The summed E-state index contributed by atoms with van der Waals surface area (Å²) >= 11 is 3.82. The van der Waals surface area contributed by atoms with Crippen LogP contribution in [-0.4, -0.2) is 16.1 Å². The lowest BCUT2D eigenvalue weighted by molar-refractivity contribution is 0.449. The molecule has 0 fully saturated rings. The smallest absolute Gasteiger partial charge is 0.0668 e. The summed E-state index contributed by atoms with van der Waals surface area (Å²) in [5, 5.41) is 0. The van der Waals surface area contributed by atoms with Crippen LogP contribution < -0.4 is 0 Å². The fraction of sp³-hybridized carbons (Fsp3) is 0.636. The summed E-state index contributed by atoms with van der Waals surface area (Å²) in [5.74, 6) is 0.995. The molecule has 1 unspecified atom stereocenters. The average molecular weight is 216 g/mol. The summed E-state index contributed by atoms with van der Waals surface area (Å²) in [5.41, 5.74) is 0.139. The Morgan fingerprint density at radius 3 is 2.08 bits per heavy atom. The Morgan fingerprint density at radius 2 is 1.77 bits per heavy atom. The van der Waals surface area contributed by atoms with Gasteiger partial charge in [0, 0.05) is 11.2 Å². The van der Waals surface area contributed by atoms with Crippen molar-refractivity contribution in [2.24, 2.45) is 5.41 Å². The Morgan fingerprint density at radius 1 is 1.23 bits per heavy atom. The number of thioether (sulfide) groups is 2. The molecule has 0 spiro atoms. The van der Waals surface area contributed by atoms with Crippen LogP contribution in [0.5, 0.6) is 0 Å². The first kappa shape index (κ1) is 13.2. The Labute approximate surface area is 91.3 Å². The van der Waals surface area contributed by atoms with Crippen LogP contribution in [0.2, 0.25) is 0 Å². The standard InChI is InChI=1S/C11H20S2/c1-7-9-13-11(5,12-6)10(3,4)8-2/h7-8H,1-2,9H2,3-6H3. The number of hydrogen-bond donors (Lipinski definition) is 0. The van der Waals surface area contributed by atoms with E-state index in [2.05, 4.69) is 40.2 Å². The molecule has 0 aliphatic rings. The molecule has 0 bridgehead atoms. The zero-order valence-electron chi connectivity index (χ0n) is 9.09. The second kappa shape index (κ2) is 5.16. The summed E-state index contributed by atoms with van der Waals surface area (Å²) < 4.78 is 0.183. The lowest BCUT2D eigenvalue weighted by Gasteiger charge is -2.40. The fourth-order valence-corrected chi connectivity index (χ4v) is 3.09. The third-order valence-electron chi connectivity index (χ3n) is 2.55. The van der Waals surface area contributed by atoms with E-state index in [9.17, 15) is 0 Å². The number of rotatable bonds is 6. The van der Waals surface area contributed by atoms with Gasteiger partial charge in [-0.25, -0.2) is 0 Å². The van der Waals surface area contributed by atoms with Crippen molar-refractivity contribution in [3.63, 3.8) is 0 Å². The number of hydrogen-bond acceptors (Lipinski definition) is 2. The highest BCUT2D eigenvalue weighted by atomic mass is 32.2. The van der Waals surface area contributed by atoms with Crippen LogP contribution in [0, 0.1) is 5.41 Å². The predicted octanol–water partition coefficient (Wildman–Crippen LogP) is 4.20. The maximum absolute atomic E-state index is 3.90. The first-order valence-corrected chi connectivity index (χ1v) is 6.58. The molecular weight excluding hydrogens is 196 g/mol. The molecule has 0 saturated heterocycles. The zero-order chi connectivity index (χ0) is 10.5. The maximum atomic E-state index is 3.90. The van der Waals surface area contributed by atoms with Gasteiger partial charge in [0.15, 0.2) is 0 Å². The molecule has 0 aromatic rings. The van der Waals surface area contributed by atoms with Crippen LogP contribution in [0.25, 0.3) is 0 Å². The van der Waals surface area contributed by atoms with Gasteiger partial charge in [-0.3, -0.25) is 0 Å². The van der Waals surface area contributed by atoms with Gasteiger partial charge in [-0.05, 0) is 13.2 Å². The largest absolute Gasteiger partial charge is 0.147 e. The van der Waals surface area contributed by atoms with Gasteiger partial charge in [0.05, 0.1) is 4.08 Å². The minimum atomic E-state index is 0.139. The molecule has 0 saturated carbocycles. The van der Waals surface area contributed by atoms with Crippen molar-refractivity contribution in [1.29, 1.82) is 0 Å². The third kappa shape index (κ3) is 3.10. The Kier molecular flexibility index (Phi) is 5.23. The van der Waals surface area contributed by atoms with Crippen LogP contribution in [0.15, 0.2) is 25.3 Å². The molecule has 0 heterocycles. The van der Waals surface area contributed by atoms with Crippen molar-refractivity contribution in [1.82, 2.24) is 0 Å². The average Bonchev–Trinajstić information content (AvgIpc) is 2.13. The second-order valence-electron chi connectivity index (χ2n) is 3.68. The second-order valence-corrected chi connectivity index (χ2v) is 6.60. The van der Waals surface area contributed by atoms with Crippen LogP contribution in [0.4, 0.5) is 0 Å². The van der Waals surface area contributed by atoms with Gasteiger partial charge in [0.25, 0.3) is 0 Å². The topological polar surface area (TPSA) is 0 Å². The first-order chi connectivity index (χ1) is 5.93. The van der Waals surface area contributed by atoms with Crippen molar-refractivity contribution in [2.45, 2.75) is 24.9 Å². The van der Waals surface area contributed by atoms with Crippen LogP contribution in [0.1, 0.15) is 20.8 Å². The Bertz CT molecular complexity index is 185. The molecule has 0 aliphatic carbocycles. The molecule has 0 nitrogen and oxygen atoms in total. The predicted molar refractivity (Wildman–Crippen MR) is 68.6 cm³/mol.